The van der Waals surface area contributed by atoms with Gasteiger partial charge in [0.15, 0.2) is 0 Å². The fourth-order valence-electron chi connectivity index (χ4n) is 6.58. The minimum atomic E-state index is 0.675. The van der Waals surface area contributed by atoms with E-state index in [1.807, 2.05) is 26.2 Å². The third kappa shape index (κ3) is 7.22. The molecular weight excluding hydrogens is 406 g/mol. The molecule has 1 aromatic rings. The van der Waals surface area contributed by atoms with Crippen LogP contribution < -0.4 is 0 Å². The van der Waals surface area contributed by atoms with E-state index in [0.717, 1.165) is 30.0 Å². The van der Waals surface area contributed by atoms with E-state index >= 15 is 0 Å². The number of rotatable bonds is 3. The Balaban J connectivity index is 0.000000212. The van der Waals surface area contributed by atoms with Crippen molar-refractivity contribution in [1.29, 1.82) is 0 Å². The average molecular weight is 458 g/mol. The van der Waals surface area contributed by atoms with Crippen LogP contribution in [0.5, 0.6) is 0 Å². The van der Waals surface area contributed by atoms with E-state index in [2.05, 4.69) is 52.6 Å². The summed E-state index contributed by atoms with van der Waals surface area (Å²) in [7, 11) is 4.51. The molecule has 0 radical (unpaired) electrons. The molecule has 0 N–H and O–H groups in total. The summed E-state index contributed by atoms with van der Waals surface area (Å²) < 4.78 is 0. The number of piperazine rings is 1. The van der Waals surface area contributed by atoms with Gasteiger partial charge >= 0.3 is 0 Å². The lowest BCUT2D eigenvalue weighted by Gasteiger charge is -2.41. The number of piperidine rings is 1. The quantitative estimate of drug-likeness (QED) is 0.616. The van der Waals surface area contributed by atoms with E-state index in [9.17, 15) is 0 Å². The zero-order valence-corrected chi connectivity index (χ0v) is 22.4. The summed E-state index contributed by atoms with van der Waals surface area (Å²) in [6.45, 7) is 13.9. The highest BCUT2D eigenvalue weighted by atomic mass is 15.3. The van der Waals surface area contributed by atoms with Crippen LogP contribution in [0.25, 0.3) is 0 Å². The van der Waals surface area contributed by atoms with Crippen LogP contribution >= 0.6 is 0 Å². The van der Waals surface area contributed by atoms with E-state index in [0.29, 0.717) is 5.92 Å². The smallest absolute Gasteiger partial charge is 0.115 e. The van der Waals surface area contributed by atoms with Crippen molar-refractivity contribution in [2.45, 2.75) is 103 Å². The minimum absolute atomic E-state index is 0.675. The lowest BCUT2D eigenvalue weighted by atomic mass is 9.78. The molecule has 1 aromatic heterocycles. The third-order valence-electron chi connectivity index (χ3n) is 8.81. The van der Waals surface area contributed by atoms with Crippen molar-refractivity contribution in [2.24, 2.45) is 11.8 Å². The van der Waals surface area contributed by atoms with Gasteiger partial charge in [0.05, 0.1) is 0 Å². The van der Waals surface area contributed by atoms with Gasteiger partial charge in [-0.3, -0.25) is 4.90 Å². The highest BCUT2D eigenvalue weighted by molar-refractivity contribution is 5.11. The normalized spacial score (nSPS) is 31.5. The molecule has 5 nitrogen and oxygen atoms in total. The molecule has 188 valence electrons. The van der Waals surface area contributed by atoms with E-state index < -0.39 is 0 Å². The van der Waals surface area contributed by atoms with Crippen molar-refractivity contribution in [3.8, 4) is 0 Å². The number of hydrogen-bond acceptors (Lipinski definition) is 5. The van der Waals surface area contributed by atoms with Crippen LogP contribution in [0.3, 0.4) is 0 Å². The molecule has 3 saturated heterocycles. The maximum atomic E-state index is 4.17. The largest absolute Gasteiger partial charge is 0.303 e. The van der Waals surface area contributed by atoms with Crippen molar-refractivity contribution < 1.29 is 0 Å². The predicted octanol–water partition coefficient (Wildman–Crippen LogP) is 5.29. The second kappa shape index (κ2) is 13.2. The second-order valence-electron chi connectivity index (χ2n) is 11.1. The Bertz CT molecular complexity index is 636. The van der Waals surface area contributed by atoms with E-state index in [1.165, 1.54) is 83.1 Å². The first-order valence-electron chi connectivity index (χ1n) is 13.9. The van der Waals surface area contributed by atoms with E-state index in [-0.39, 0.29) is 0 Å². The summed E-state index contributed by atoms with van der Waals surface area (Å²) >= 11 is 0. The predicted molar refractivity (Wildman–Crippen MR) is 140 cm³/mol. The molecule has 4 aliphatic rings. The van der Waals surface area contributed by atoms with Gasteiger partial charge in [-0.1, -0.05) is 27.7 Å². The molecule has 2 unspecified atom stereocenters. The van der Waals surface area contributed by atoms with Crippen LogP contribution in [0.2, 0.25) is 0 Å². The van der Waals surface area contributed by atoms with Crippen LogP contribution in [-0.4, -0.2) is 83.1 Å². The lowest BCUT2D eigenvalue weighted by Crippen LogP contribution is -2.50. The Labute approximate surface area is 204 Å². The minimum Gasteiger partial charge on any atom is -0.303 e. The number of hydrogen-bond donors (Lipinski definition) is 0. The number of aromatic nitrogens is 2. The Kier molecular flexibility index (Phi) is 10.6. The summed E-state index contributed by atoms with van der Waals surface area (Å²) in [6, 6.07) is 2.58. The number of likely N-dealkylation sites (N-methyl/N-ethyl adjacent to an activating group) is 2. The maximum Gasteiger partial charge on any atom is 0.115 e. The van der Waals surface area contributed by atoms with Crippen LogP contribution in [0, 0.1) is 11.8 Å². The molecule has 2 bridgehead atoms. The van der Waals surface area contributed by atoms with Crippen LogP contribution in [0.15, 0.2) is 18.7 Å². The van der Waals surface area contributed by atoms with Gasteiger partial charge in [-0.25, -0.2) is 9.97 Å². The summed E-state index contributed by atoms with van der Waals surface area (Å²) in [5.74, 6) is 2.52. The maximum absolute atomic E-state index is 4.17. The highest BCUT2D eigenvalue weighted by Crippen LogP contribution is 2.35. The van der Waals surface area contributed by atoms with Gasteiger partial charge in [-0.2, -0.15) is 0 Å². The Morgan fingerprint density at radius 2 is 1.27 bits per heavy atom. The highest BCUT2D eigenvalue weighted by Gasteiger charge is 2.35. The van der Waals surface area contributed by atoms with Crippen LogP contribution in [-0.2, 0) is 0 Å². The molecule has 5 heteroatoms. The van der Waals surface area contributed by atoms with E-state index in [4.69, 9.17) is 0 Å². The van der Waals surface area contributed by atoms with Gasteiger partial charge in [0.25, 0.3) is 0 Å². The zero-order chi connectivity index (χ0) is 23.8. The first-order valence-corrected chi connectivity index (χ1v) is 13.9. The van der Waals surface area contributed by atoms with Crippen molar-refractivity contribution >= 4 is 0 Å². The standard InChI is InChI=1S/C18H29N3.C8H16N2.C2H6/c1-14(2)15-3-5-18(6-4-15)21-9-7-16(8-10-21)17-11-19-13-20-12-17;1-9-5-7-3-4-8(6-9)10(7)2;1-2/h11-16,18H,3-10H2,1-2H3;7-8H,3-6H2,1-2H3;1-2H3. The molecule has 3 aliphatic heterocycles. The first kappa shape index (κ1) is 26.6. The van der Waals surface area contributed by atoms with E-state index in [1.54, 1.807) is 6.33 Å². The third-order valence-corrected chi connectivity index (χ3v) is 8.81. The summed E-state index contributed by atoms with van der Waals surface area (Å²) in [5, 5.41) is 0. The number of likely N-dealkylation sites (tertiary alicyclic amines) is 2. The van der Waals surface area contributed by atoms with Gasteiger partial charge in [0.1, 0.15) is 6.33 Å². The molecule has 0 aromatic carbocycles. The van der Waals surface area contributed by atoms with Crippen molar-refractivity contribution in [2.75, 3.05) is 40.3 Å². The Morgan fingerprint density at radius 3 is 1.79 bits per heavy atom. The van der Waals surface area contributed by atoms with Crippen LogP contribution in [0.4, 0.5) is 0 Å². The molecular formula is C28H51N5. The number of nitrogens with zero attached hydrogens (tertiary/aromatic N) is 5. The topological polar surface area (TPSA) is 35.5 Å². The fraction of sp³-hybridized carbons (Fsp3) is 0.857. The average Bonchev–Trinajstić information content (AvgIpc) is 3.07. The molecule has 1 aliphatic carbocycles. The monoisotopic (exact) mass is 457 g/mol. The van der Waals surface area contributed by atoms with Crippen LogP contribution in [0.1, 0.15) is 90.5 Å². The van der Waals surface area contributed by atoms with Gasteiger partial charge in [0, 0.05) is 43.6 Å². The molecule has 4 fully saturated rings. The first-order chi connectivity index (χ1) is 16.0. The van der Waals surface area contributed by atoms with Gasteiger partial charge < -0.3 is 9.80 Å². The second-order valence-corrected chi connectivity index (χ2v) is 11.1. The molecule has 5 rings (SSSR count). The molecule has 0 spiro atoms. The van der Waals surface area contributed by atoms with Gasteiger partial charge in [-0.05, 0) is 102 Å². The Hall–Kier alpha value is -1.04. The molecule has 4 heterocycles. The van der Waals surface area contributed by atoms with Crippen molar-refractivity contribution in [1.82, 2.24) is 24.7 Å². The summed E-state index contributed by atoms with van der Waals surface area (Å²) in [6.07, 6.45) is 16.7. The Morgan fingerprint density at radius 1 is 0.758 bits per heavy atom. The SMILES string of the molecule is CC.CC(C)C1CCC(N2CCC(c3cncnc3)CC2)CC1.CN1CC2CCC(C1)N2C. The molecule has 1 saturated carbocycles. The summed E-state index contributed by atoms with van der Waals surface area (Å²) in [4.78, 5) is 16.1. The van der Waals surface area contributed by atoms with Crippen molar-refractivity contribution in [3.05, 3.63) is 24.3 Å². The van der Waals surface area contributed by atoms with Crippen molar-refractivity contribution in [3.63, 3.8) is 0 Å². The van der Waals surface area contributed by atoms with Gasteiger partial charge in [0.2, 0.25) is 0 Å². The molecule has 0 amide bonds. The number of fused-ring (bicyclic) bond motifs is 2. The molecule has 2 atom stereocenters. The lowest BCUT2D eigenvalue weighted by molar-refractivity contribution is 0.0981. The molecule has 33 heavy (non-hydrogen) atoms. The van der Waals surface area contributed by atoms with Gasteiger partial charge in [-0.15, -0.1) is 0 Å². The zero-order valence-electron chi connectivity index (χ0n) is 22.4. The summed E-state index contributed by atoms with van der Waals surface area (Å²) in [5.41, 5.74) is 1.33. The fourth-order valence-corrected chi connectivity index (χ4v) is 6.58.